The highest BCUT2D eigenvalue weighted by molar-refractivity contribution is 7.92. The average molecular weight is 377 g/mol. The molecule has 0 unspecified atom stereocenters. The van der Waals surface area contributed by atoms with Gasteiger partial charge < -0.3 is 4.90 Å². The maximum Gasteiger partial charge on any atom is 0.240 e. The number of amides is 1. The number of carbonyl (C=O) groups excluding carboxylic acids is 1. The first kappa shape index (κ1) is 20.1. The highest BCUT2D eigenvalue weighted by Gasteiger charge is 2.30. The summed E-state index contributed by atoms with van der Waals surface area (Å²) in [7, 11) is -2.14. The quantitative estimate of drug-likeness (QED) is 0.775. The van der Waals surface area contributed by atoms with Gasteiger partial charge in [-0.15, -0.1) is 0 Å². The standard InChI is InChI=1S/C20H24FNO3S/c1-14-8-9-15(2)18(10-14)13-26(24,25)16(3)20(23)22(4)12-17-6-5-7-19(21)11-17/h5-11,16H,12-13H2,1-4H3/t16-/m0/s1. The summed E-state index contributed by atoms with van der Waals surface area (Å²) in [6.45, 7) is 5.31. The van der Waals surface area contributed by atoms with Crippen LogP contribution < -0.4 is 0 Å². The van der Waals surface area contributed by atoms with E-state index in [1.165, 1.54) is 31.0 Å². The first-order valence-electron chi connectivity index (χ1n) is 8.37. The zero-order chi connectivity index (χ0) is 19.5. The lowest BCUT2D eigenvalue weighted by Crippen LogP contribution is -2.39. The second-order valence-electron chi connectivity index (χ2n) is 6.70. The molecule has 2 rings (SSSR count). The second-order valence-corrected chi connectivity index (χ2v) is 9.03. The second kappa shape index (κ2) is 7.99. The van der Waals surface area contributed by atoms with E-state index in [-0.39, 0.29) is 18.1 Å². The number of hydrogen-bond acceptors (Lipinski definition) is 3. The van der Waals surface area contributed by atoms with Crippen molar-refractivity contribution in [2.24, 2.45) is 0 Å². The Morgan fingerprint density at radius 1 is 1.15 bits per heavy atom. The summed E-state index contributed by atoms with van der Waals surface area (Å²) in [6.07, 6.45) is 0. The summed E-state index contributed by atoms with van der Waals surface area (Å²) >= 11 is 0. The lowest BCUT2D eigenvalue weighted by molar-refractivity contribution is -0.129. The molecule has 140 valence electrons. The normalized spacial score (nSPS) is 12.7. The summed E-state index contributed by atoms with van der Waals surface area (Å²) in [5.74, 6) is -1.07. The van der Waals surface area contributed by atoms with Gasteiger partial charge >= 0.3 is 0 Å². The molecule has 1 amide bonds. The van der Waals surface area contributed by atoms with Crippen LogP contribution in [0.2, 0.25) is 0 Å². The van der Waals surface area contributed by atoms with Gasteiger partial charge in [0.2, 0.25) is 5.91 Å². The summed E-state index contributed by atoms with van der Waals surface area (Å²) in [5, 5.41) is -1.17. The zero-order valence-corrected chi connectivity index (χ0v) is 16.3. The fraction of sp³-hybridized carbons (Fsp3) is 0.350. The van der Waals surface area contributed by atoms with Gasteiger partial charge in [0.25, 0.3) is 0 Å². The molecule has 0 saturated carbocycles. The third kappa shape index (κ3) is 4.91. The Morgan fingerprint density at radius 2 is 1.85 bits per heavy atom. The number of sulfone groups is 1. The molecule has 0 spiro atoms. The predicted molar refractivity (Wildman–Crippen MR) is 101 cm³/mol. The van der Waals surface area contributed by atoms with Crippen LogP contribution in [0.25, 0.3) is 0 Å². The van der Waals surface area contributed by atoms with Gasteiger partial charge in [-0.1, -0.05) is 35.9 Å². The molecule has 0 aliphatic rings. The van der Waals surface area contributed by atoms with Crippen molar-refractivity contribution >= 4 is 15.7 Å². The molecule has 0 aliphatic heterocycles. The zero-order valence-electron chi connectivity index (χ0n) is 15.5. The number of rotatable bonds is 6. The van der Waals surface area contributed by atoms with Gasteiger partial charge in [0.15, 0.2) is 9.84 Å². The van der Waals surface area contributed by atoms with E-state index in [2.05, 4.69) is 0 Å². The van der Waals surface area contributed by atoms with Crippen LogP contribution in [0.3, 0.4) is 0 Å². The molecule has 0 saturated heterocycles. The fourth-order valence-corrected chi connectivity index (χ4v) is 4.23. The van der Waals surface area contributed by atoms with Gasteiger partial charge in [-0.2, -0.15) is 0 Å². The van der Waals surface area contributed by atoms with Crippen molar-refractivity contribution in [2.45, 2.75) is 38.3 Å². The molecule has 2 aromatic rings. The van der Waals surface area contributed by atoms with Gasteiger partial charge in [0.05, 0.1) is 5.75 Å². The average Bonchev–Trinajstić information content (AvgIpc) is 2.56. The van der Waals surface area contributed by atoms with Crippen LogP contribution in [0.1, 0.15) is 29.2 Å². The Morgan fingerprint density at radius 3 is 2.50 bits per heavy atom. The topological polar surface area (TPSA) is 54.5 Å². The van der Waals surface area contributed by atoms with E-state index < -0.39 is 21.0 Å². The number of benzene rings is 2. The molecule has 0 aromatic heterocycles. The Hall–Kier alpha value is -2.21. The molecule has 26 heavy (non-hydrogen) atoms. The summed E-state index contributed by atoms with van der Waals surface area (Å²) in [6, 6.07) is 11.5. The van der Waals surface area contributed by atoms with Crippen molar-refractivity contribution in [3.8, 4) is 0 Å². The Balaban J connectivity index is 2.13. The van der Waals surface area contributed by atoms with Crippen molar-refractivity contribution in [3.05, 3.63) is 70.5 Å². The van der Waals surface area contributed by atoms with E-state index in [1.54, 1.807) is 12.1 Å². The lowest BCUT2D eigenvalue weighted by atomic mass is 10.1. The van der Waals surface area contributed by atoms with Crippen LogP contribution in [0, 0.1) is 19.7 Å². The highest BCUT2D eigenvalue weighted by atomic mass is 32.2. The molecule has 0 fully saturated rings. The molecule has 0 aliphatic carbocycles. The van der Waals surface area contributed by atoms with Crippen molar-refractivity contribution in [3.63, 3.8) is 0 Å². The molecule has 0 heterocycles. The Kier molecular flexibility index (Phi) is 6.18. The number of carbonyl (C=O) groups is 1. The molecular formula is C20H24FNO3S. The molecule has 0 N–H and O–H groups in total. The van der Waals surface area contributed by atoms with Crippen LogP contribution in [0.4, 0.5) is 4.39 Å². The fourth-order valence-electron chi connectivity index (χ4n) is 2.75. The number of halogens is 1. The minimum atomic E-state index is -3.66. The summed E-state index contributed by atoms with van der Waals surface area (Å²) < 4.78 is 38.7. The largest absolute Gasteiger partial charge is 0.340 e. The van der Waals surface area contributed by atoms with Gasteiger partial charge in [0.1, 0.15) is 11.1 Å². The predicted octanol–water partition coefficient (Wildman–Crippen LogP) is 3.40. The minimum Gasteiger partial charge on any atom is -0.340 e. The van der Waals surface area contributed by atoms with Gasteiger partial charge in [0, 0.05) is 13.6 Å². The lowest BCUT2D eigenvalue weighted by Gasteiger charge is -2.22. The van der Waals surface area contributed by atoms with Crippen LogP contribution in [-0.4, -0.2) is 31.5 Å². The maximum absolute atomic E-state index is 13.3. The molecule has 2 aromatic carbocycles. The third-order valence-corrected chi connectivity index (χ3v) is 6.43. The number of nitrogens with zero attached hydrogens (tertiary/aromatic N) is 1. The highest BCUT2D eigenvalue weighted by Crippen LogP contribution is 2.18. The van der Waals surface area contributed by atoms with Crippen molar-refractivity contribution in [2.75, 3.05) is 7.05 Å². The molecule has 1 atom stereocenters. The summed E-state index contributed by atoms with van der Waals surface area (Å²) in [4.78, 5) is 13.9. The maximum atomic E-state index is 13.3. The van der Waals surface area contributed by atoms with Gasteiger partial charge in [-0.05, 0) is 49.6 Å². The number of aryl methyl sites for hydroxylation is 2. The molecule has 0 bridgehead atoms. The van der Waals surface area contributed by atoms with Crippen LogP contribution in [0.15, 0.2) is 42.5 Å². The minimum absolute atomic E-state index is 0.153. The Labute approximate surface area is 154 Å². The van der Waals surface area contributed by atoms with Crippen LogP contribution in [-0.2, 0) is 26.9 Å². The SMILES string of the molecule is Cc1ccc(C)c(CS(=O)(=O)[C@@H](C)C(=O)N(C)Cc2cccc(F)c2)c1. The van der Waals surface area contributed by atoms with Crippen molar-refractivity contribution in [1.82, 2.24) is 4.90 Å². The van der Waals surface area contributed by atoms with E-state index in [9.17, 15) is 17.6 Å². The molecule has 4 nitrogen and oxygen atoms in total. The van der Waals surface area contributed by atoms with Gasteiger partial charge in [-0.25, -0.2) is 12.8 Å². The molecular weight excluding hydrogens is 353 g/mol. The third-order valence-electron chi connectivity index (χ3n) is 4.43. The number of hydrogen-bond donors (Lipinski definition) is 0. The first-order chi connectivity index (χ1) is 12.1. The monoisotopic (exact) mass is 377 g/mol. The van der Waals surface area contributed by atoms with Crippen molar-refractivity contribution in [1.29, 1.82) is 0 Å². The smallest absolute Gasteiger partial charge is 0.240 e. The summed E-state index contributed by atoms with van der Waals surface area (Å²) in [5.41, 5.74) is 3.17. The molecule has 6 heteroatoms. The van der Waals surface area contributed by atoms with Gasteiger partial charge in [-0.3, -0.25) is 4.79 Å². The van der Waals surface area contributed by atoms with E-state index in [0.29, 0.717) is 11.1 Å². The van der Waals surface area contributed by atoms with E-state index in [1.807, 2.05) is 32.0 Å². The van der Waals surface area contributed by atoms with E-state index in [4.69, 9.17) is 0 Å². The molecule has 0 radical (unpaired) electrons. The van der Waals surface area contributed by atoms with E-state index in [0.717, 1.165) is 11.1 Å². The van der Waals surface area contributed by atoms with E-state index >= 15 is 0 Å². The van der Waals surface area contributed by atoms with Crippen LogP contribution >= 0.6 is 0 Å². The first-order valence-corrected chi connectivity index (χ1v) is 10.1. The van der Waals surface area contributed by atoms with Crippen LogP contribution in [0.5, 0.6) is 0 Å². The van der Waals surface area contributed by atoms with Crippen molar-refractivity contribution < 1.29 is 17.6 Å². The Bertz CT molecular complexity index is 909.